The highest BCUT2D eigenvalue weighted by Crippen LogP contribution is 2.45. The van der Waals surface area contributed by atoms with E-state index in [0.29, 0.717) is 18.4 Å². The van der Waals surface area contributed by atoms with E-state index in [4.69, 9.17) is 4.74 Å². The van der Waals surface area contributed by atoms with E-state index in [9.17, 15) is 4.79 Å². The summed E-state index contributed by atoms with van der Waals surface area (Å²) >= 11 is 0. The predicted molar refractivity (Wildman–Crippen MR) is 144 cm³/mol. The second-order valence-corrected chi connectivity index (χ2v) is 10.4. The third-order valence-corrected chi connectivity index (χ3v) is 8.10. The fourth-order valence-electron chi connectivity index (χ4n) is 6.11. The van der Waals surface area contributed by atoms with Gasteiger partial charge in [0.25, 0.3) is 0 Å². The van der Waals surface area contributed by atoms with Crippen molar-refractivity contribution in [3.63, 3.8) is 0 Å². The second kappa shape index (κ2) is 10.3. The Morgan fingerprint density at radius 3 is 2.49 bits per heavy atom. The van der Waals surface area contributed by atoms with Crippen LogP contribution in [-0.4, -0.2) is 18.5 Å². The smallest absolute Gasteiger partial charge is 0.163 e. The Kier molecular flexibility index (Phi) is 7.02. The van der Waals surface area contributed by atoms with Crippen molar-refractivity contribution in [2.24, 2.45) is 5.92 Å². The molecule has 3 unspecified atom stereocenters. The van der Waals surface area contributed by atoms with Crippen molar-refractivity contribution in [3.05, 3.63) is 112 Å². The van der Waals surface area contributed by atoms with E-state index < -0.39 is 0 Å². The summed E-state index contributed by atoms with van der Waals surface area (Å²) in [5.41, 5.74) is 10.0. The first kappa shape index (κ1) is 23.8. The van der Waals surface area contributed by atoms with Gasteiger partial charge in [-0.3, -0.25) is 4.79 Å². The van der Waals surface area contributed by atoms with Gasteiger partial charge in [-0.05, 0) is 68.7 Å². The fourth-order valence-corrected chi connectivity index (χ4v) is 6.11. The molecule has 0 radical (unpaired) electrons. The average Bonchev–Trinajstić information content (AvgIpc) is 3.60. The summed E-state index contributed by atoms with van der Waals surface area (Å²) in [4.78, 5) is 13.4. The van der Waals surface area contributed by atoms with Crippen molar-refractivity contribution in [1.29, 1.82) is 0 Å². The van der Waals surface area contributed by atoms with Crippen LogP contribution in [0, 0.1) is 12.8 Å². The molecular formula is C33H36O2. The molecule has 1 saturated heterocycles. The maximum Gasteiger partial charge on any atom is 0.163 e. The van der Waals surface area contributed by atoms with Crippen molar-refractivity contribution < 1.29 is 9.53 Å². The van der Waals surface area contributed by atoms with Crippen molar-refractivity contribution in [3.8, 4) is 0 Å². The third kappa shape index (κ3) is 4.90. The molecule has 2 heteroatoms. The molecular weight excluding hydrogens is 428 g/mol. The first-order chi connectivity index (χ1) is 17.0. The third-order valence-electron chi connectivity index (χ3n) is 8.10. The van der Waals surface area contributed by atoms with Gasteiger partial charge in [-0.2, -0.15) is 0 Å². The Hall–Kier alpha value is -2.97. The maximum absolute atomic E-state index is 13.4. The molecule has 1 heterocycles. The van der Waals surface area contributed by atoms with Crippen LogP contribution in [0.1, 0.15) is 68.6 Å². The Balaban J connectivity index is 1.33. The van der Waals surface area contributed by atoms with Gasteiger partial charge < -0.3 is 4.74 Å². The molecule has 0 amide bonds. The first-order valence-corrected chi connectivity index (χ1v) is 13.1. The van der Waals surface area contributed by atoms with Gasteiger partial charge in [0.2, 0.25) is 0 Å². The van der Waals surface area contributed by atoms with Gasteiger partial charge in [0.1, 0.15) is 0 Å². The van der Waals surface area contributed by atoms with Gasteiger partial charge in [0.15, 0.2) is 5.78 Å². The van der Waals surface area contributed by atoms with Crippen LogP contribution in [0.5, 0.6) is 0 Å². The summed E-state index contributed by atoms with van der Waals surface area (Å²) in [6.45, 7) is 7.39. The summed E-state index contributed by atoms with van der Waals surface area (Å²) in [6, 6.07) is 19.3. The van der Waals surface area contributed by atoms with Crippen LogP contribution in [-0.2, 0) is 9.53 Å². The van der Waals surface area contributed by atoms with E-state index >= 15 is 0 Å². The van der Waals surface area contributed by atoms with E-state index in [1.54, 1.807) is 0 Å². The monoisotopic (exact) mass is 464 g/mol. The number of ether oxygens (including phenoxy) is 1. The molecule has 3 aliphatic rings. The van der Waals surface area contributed by atoms with Crippen molar-refractivity contribution in [1.82, 2.24) is 0 Å². The number of ketones is 1. The highest BCUT2D eigenvalue weighted by Gasteiger charge is 2.31. The Labute approximate surface area is 210 Å². The van der Waals surface area contributed by atoms with Gasteiger partial charge in [-0.25, -0.2) is 0 Å². The number of aryl methyl sites for hydroxylation is 1. The second-order valence-electron chi connectivity index (χ2n) is 10.4. The molecule has 1 aliphatic heterocycles. The lowest BCUT2D eigenvalue weighted by Crippen LogP contribution is -2.14. The molecule has 0 bridgehead atoms. The lowest BCUT2D eigenvalue weighted by atomic mass is 9.81. The number of carbonyl (C=O) groups excluding carboxylic acids is 1. The van der Waals surface area contributed by atoms with E-state index in [2.05, 4.69) is 93.6 Å². The molecule has 35 heavy (non-hydrogen) atoms. The molecule has 2 aliphatic carbocycles. The van der Waals surface area contributed by atoms with Gasteiger partial charge in [0.05, 0.1) is 6.10 Å². The molecule has 2 nitrogen and oxygen atoms in total. The molecule has 0 aromatic heterocycles. The number of rotatable bonds is 8. The zero-order valence-electron chi connectivity index (χ0n) is 21.2. The molecule has 2 aromatic rings. The molecule has 1 fully saturated rings. The predicted octanol–water partition coefficient (Wildman–Crippen LogP) is 7.91. The highest BCUT2D eigenvalue weighted by atomic mass is 16.5. The number of carbonyl (C=O) groups is 1. The summed E-state index contributed by atoms with van der Waals surface area (Å²) in [5.74, 6) is 0.831. The summed E-state index contributed by atoms with van der Waals surface area (Å²) in [6.07, 6.45) is 11.6. The van der Waals surface area contributed by atoms with Gasteiger partial charge >= 0.3 is 0 Å². The van der Waals surface area contributed by atoms with E-state index in [0.717, 1.165) is 37.9 Å². The minimum atomic E-state index is 0.203. The summed E-state index contributed by atoms with van der Waals surface area (Å²) < 4.78 is 5.88. The largest absolute Gasteiger partial charge is 0.378 e. The molecule has 0 spiro atoms. The number of Topliss-reactive ketones (excluding diaryl/α,β-unsaturated/α-hetero) is 1. The molecule has 180 valence electrons. The highest BCUT2D eigenvalue weighted by molar-refractivity contribution is 6.00. The molecule has 0 N–H and O–H groups in total. The summed E-state index contributed by atoms with van der Waals surface area (Å²) in [7, 11) is 0. The van der Waals surface area contributed by atoms with Crippen LogP contribution < -0.4 is 0 Å². The molecule has 2 aromatic carbocycles. The van der Waals surface area contributed by atoms with Crippen LogP contribution in [0.2, 0.25) is 0 Å². The van der Waals surface area contributed by atoms with Crippen LogP contribution >= 0.6 is 0 Å². The zero-order chi connectivity index (χ0) is 24.4. The number of benzene rings is 2. The van der Waals surface area contributed by atoms with Crippen molar-refractivity contribution in [2.45, 2.75) is 64.9 Å². The Bertz CT molecular complexity index is 1220. The first-order valence-electron chi connectivity index (χ1n) is 13.1. The molecule has 0 saturated carbocycles. The van der Waals surface area contributed by atoms with Crippen LogP contribution in [0.4, 0.5) is 0 Å². The van der Waals surface area contributed by atoms with Gasteiger partial charge in [-0.15, -0.1) is 0 Å². The van der Waals surface area contributed by atoms with Crippen molar-refractivity contribution >= 4 is 11.4 Å². The SMILES string of the molecule is CC1=CC(C(=O)CCC2=CC=C(c3ccccc3)C2c2ccccc2C)=C(C)C1CC1CCCO1. The lowest BCUT2D eigenvalue weighted by molar-refractivity contribution is -0.115. The Morgan fingerprint density at radius 1 is 0.971 bits per heavy atom. The minimum Gasteiger partial charge on any atom is -0.378 e. The fraction of sp³-hybridized carbons (Fsp3) is 0.364. The number of hydrogen-bond donors (Lipinski definition) is 0. The topological polar surface area (TPSA) is 26.3 Å². The summed E-state index contributed by atoms with van der Waals surface area (Å²) in [5, 5.41) is 0. The normalized spacial score (nSPS) is 24.0. The van der Waals surface area contributed by atoms with Crippen LogP contribution in [0.25, 0.3) is 5.57 Å². The Morgan fingerprint density at radius 2 is 1.74 bits per heavy atom. The number of hydrogen-bond acceptors (Lipinski definition) is 2. The average molecular weight is 465 g/mol. The van der Waals surface area contributed by atoms with Gasteiger partial charge in [-0.1, -0.05) is 89.5 Å². The van der Waals surface area contributed by atoms with E-state index in [1.807, 2.05) is 0 Å². The van der Waals surface area contributed by atoms with Gasteiger partial charge in [0, 0.05) is 30.4 Å². The van der Waals surface area contributed by atoms with Crippen LogP contribution in [0.15, 0.2) is 95.1 Å². The maximum atomic E-state index is 13.4. The number of allylic oxidation sites excluding steroid dienone is 8. The molecule has 5 rings (SSSR count). The van der Waals surface area contributed by atoms with Crippen molar-refractivity contribution in [2.75, 3.05) is 6.61 Å². The quantitative estimate of drug-likeness (QED) is 0.397. The van der Waals surface area contributed by atoms with E-state index in [1.165, 1.54) is 39.0 Å². The lowest BCUT2D eigenvalue weighted by Gasteiger charge is -2.22. The molecule has 3 atom stereocenters. The zero-order valence-corrected chi connectivity index (χ0v) is 21.2. The standard InChI is InChI=1S/C33H36O2/c1-22-10-7-8-14-28(22)33-26(15-17-29(33)25-11-5-4-6-12-25)16-18-32(34)31-20-23(2)30(24(31)3)21-27-13-9-19-35-27/h4-8,10-12,14-15,17,20,27,30,33H,9,13,16,18-19,21H2,1-3H3. The minimum absolute atomic E-state index is 0.203. The van der Waals surface area contributed by atoms with Crippen LogP contribution in [0.3, 0.4) is 0 Å². The van der Waals surface area contributed by atoms with E-state index in [-0.39, 0.29) is 11.7 Å².